The van der Waals surface area contributed by atoms with Crippen LogP contribution in [0, 0.1) is 0 Å². The molecule has 2 N–H and O–H groups in total. The molecule has 10 heteroatoms. The second-order valence-corrected chi connectivity index (χ2v) is 10.1. The average molecular weight is 569 g/mol. The van der Waals surface area contributed by atoms with E-state index in [0.717, 1.165) is 28.0 Å². The second-order valence-electron chi connectivity index (χ2n) is 9.28. The van der Waals surface area contributed by atoms with Crippen LogP contribution in [0.3, 0.4) is 0 Å². The summed E-state index contributed by atoms with van der Waals surface area (Å²) in [5.74, 6) is -1.33. The van der Waals surface area contributed by atoms with Crippen LogP contribution in [0.1, 0.15) is 43.2 Å². The molecule has 0 atom stereocenters. The van der Waals surface area contributed by atoms with Gasteiger partial charge in [-0.05, 0) is 20.8 Å². The van der Waals surface area contributed by atoms with Gasteiger partial charge in [-0.15, -0.1) is 11.3 Å². The Morgan fingerprint density at radius 1 is 0.846 bits per heavy atom. The minimum Gasteiger partial charge on any atom is -0.476 e. The van der Waals surface area contributed by atoms with E-state index >= 15 is 0 Å². The van der Waals surface area contributed by atoms with E-state index in [2.05, 4.69) is 15.5 Å². The molecule has 4 rings (SSSR count). The molecule has 8 nitrogen and oxygen atoms in total. The molecule has 39 heavy (non-hydrogen) atoms. The summed E-state index contributed by atoms with van der Waals surface area (Å²) in [7, 11) is 0. The van der Waals surface area contributed by atoms with Crippen LogP contribution in [0.4, 0.5) is 9.93 Å². The van der Waals surface area contributed by atoms with Crippen LogP contribution >= 0.6 is 11.3 Å². The number of hydrogen-bond donors (Lipinski definition) is 2. The van der Waals surface area contributed by atoms with Gasteiger partial charge in [0.1, 0.15) is 11.3 Å². The van der Waals surface area contributed by atoms with E-state index in [0.29, 0.717) is 0 Å². The smallest absolute Gasteiger partial charge is 0.413 e. The third-order valence-electron chi connectivity index (χ3n) is 5.37. The Morgan fingerprint density at radius 2 is 1.31 bits per heavy atom. The minimum absolute atomic E-state index is 0. The van der Waals surface area contributed by atoms with Crippen molar-refractivity contribution in [3.05, 3.63) is 119 Å². The fourth-order valence-electron chi connectivity index (χ4n) is 3.82. The number of hydrogen-bond acceptors (Lipinski definition) is 7. The summed E-state index contributed by atoms with van der Waals surface area (Å²) in [4.78, 5) is 34.9. The average Bonchev–Trinajstić information content (AvgIpc) is 3.34. The van der Waals surface area contributed by atoms with E-state index in [-0.39, 0.29) is 62.2 Å². The first kappa shape index (κ1) is 30.7. The molecule has 195 valence electrons. The van der Waals surface area contributed by atoms with Crippen molar-refractivity contribution in [2.24, 2.45) is 5.16 Å². The zero-order valence-electron chi connectivity index (χ0n) is 22.1. The normalized spacial score (nSPS) is 11.7. The van der Waals surface area contributed by atoms with Crippen LogP contribution in [-0.4, -0.2) is 84.9 Å². The molecular formula is C29H27KN3O5S. The van der Waals surface area contributed by atoms with Crippen molar-refractivity contribution in [3.8, 4) is 0 Å². The predicted octanol–water partition coefficient (Wildman–Crippen LogP) is 5.91. The minimum atomic E-state index is -1.33. The Kier molecular flexibility index (Phi) is 10.6. The molecule has 0 aliphatic carbocycles. The third kappa shape index (κ3) is 7.62. The van der Waals surface area contributed by atoms with E-state index in [1.165, 1.54) is 5.38 Å². The summed E-state index contributed by atoms with van der Waals surface area (Å²) in [5, 5.41) is 18.4. The first-order valence-electron chi connectivity index (χ1n) is 11.8. The van der Waals surface area contributed by atoms with Crippen molar-refractivity contribution in [2.75, 3.05) is 5.32 Å². The van der Waals surface area contributed by atoms with Gasteiger partial charge >= 0.3 is 12.1 Å². The van der Waals surface area contributed by atoms with Crippen LogP contribution in [-0.2, 0) is 20.0 Å². The number of carbonyl (C=O) groups excluding carboxylic acids is 1. The molecule has 1 heterocycles. The van der Waals surface area contributed by atoms with Crippen molar-refractivity contribution in [1.82, 2.24) is 4.98 Å². The number of rotatable bonds is 8. The topological polar surface area (TPSA) is 110 Å². The van der Waals surface area contributed by atoms with E-state index in [9.17, 15) is 14.7 Å². The van der Waals surface area contributed by atoms with Gasteiger partial charge in [0.25, 0.3) is 0 Å². The first-order chi connectivity index (χ1) is 18.2. The molecular weight excluding hydrogens is 542 g/mol. The summed E-state index contributed by atoms with van der Waals surface area (Å²) in [6.07, 6.45) is -0.695. The number of carboxylic acids is 1. The number of carbonyl (C=O) groups is 2. The molecule has 3 aromatic carbocycles. The number of benzene rings is 3. The molecule has 0 spiro atoms. The van der Waals surface area contributed by atoms with E-state index in [4.69, 9.17) is 9.57 Å². The van der Waals surface area contributed by atoms with Gasteiger partial charge in [-0.1, -0.05) is 96.2 Å². The molecule has 0 bridgehead atoms. The first-order valence-corrected chi connectivity index (χ1v) is 12.7. The summed E-state index contributed by atoms with van der Waals surface area (Å²) in [5.41, 5.74) is -0.0361. The number of carboxylic acid groups (broad SMARTS) is 1. The fourth-order valence-corrected chi connectivity index (χ4v) is 4.50. The Labute approximate surface area is 273 Å². The monoisotopic (exact) mass is 568 g/mol. The quantitative estimate of drug-likeness (QED) is 0.118. The Bertz CT molecular complexity index is 1320. The van der Waals surface area contributed by atoms with Crippen LogP contribution < -0.4 is 5.32 Å². The number of thiazole rings is 1. The maximum Gasteiger partial charge on any atom is 0.413 e. The second kappa shape index (κ2) is 13.5. The summed E-state index contributed by atoms with van der Waals surface area (Å²) < 4.78 is 5.24. The van der Waals surface area contributed by atoms with Crippen molar-refractivity contribution in [2.45, 2.75) is 32.0 Å². The van der Waals surface area contributed by atoms with Gasteiger partial charge in [0.2, 0.25) is 11.3 Å². The van der Waals surface area contributed by atoms with Crippen LogP contribution in [0.25, 0.3) is 0 Å². The van der Waals surface area contributed by atoms with Crippen LogP contribution in [0.15, 0.2) is 102 Å². The number of ether oxygens (including phenoxy) is 1. The SMILES string of the molecule is CC(C)(C)OC(=O)Nc1nc(C(=NOC(c2ccccc2)(c2ccccc2)c2ccccc2)C(=O)O)cs1.[K]. The van der Waals surface area contributed by atoms with Gasteiger partial charge in [0.05, 0.1) is 0 Å². The molecule has 0 aliphatic heterocycles. The van der Waals surface area contributed by atoms with Crippen molar-refractivity contribution < 1.29 is 24.3 Å². The number of amides is 1. The number of nitrogens with one attached hydrogen (secondary N) is 1. The molecule has 0 unspecified atom stereocenters. The van der Waals surface area contributed by atoms with Gasteiger partial charge in [0.15, 0.2) is 5.13 Å². The zero-order chi connectivity index (χ0) is 27.2. The molecule has 4 aromatic rings. The molecule has 1 radical (unpaired) electrons. The molecule has 1 amide bonds. The number of oxime groups is 1. The van der Waals surface area contributed by atoms with Gasteiger partial charge in [-0.2, -0.15) is 0 Å². The van der Waals surface area contributed by atoms with Crippen molar-refractivity contribution >= 4 is 85.6 Å². The number of nitrogens with zero attached hydrogens (tertiary/aromatic N) is 2. The molecule has 0 saturated carbocycles. The Balaban J connectivity index is 0.00000420. The standard InChI is InChI=1S/C29H27N3O5S.K/c1-28(2,3)36-27(35)31-26-30-23(19-38-26)24(25(33)34)32-37-29(20-13-7-4-8-14-20,21-15-9-5-10-16-21)22-17-11-6-12-18-22;/h4-19H,1-3H3,(H,33,34)(H,30,31,35);. The van der Waals surface area contributed by atoms with Crippen molar-refractivity contribution in [3.63, 3.8) is 0 Å². The van der Waals surface area contributed by atoms with Crippen LogP contribution in [0.2, 0.25) is 0 Å². The summed E-state index contributed by atoms with van der Waals surface area (Å²) in [6, 6.07) is 28.4. The van der Waals surface area contributed by atoms with E-state index < -0.39 is 29.0 Å². The Hall–Kier alpha value is -2.86. The fraction of sp³-hybridized carbons (Fsp3) is 0.172. The molecule has 1 aromatic heterocycles. The maximum absolute atomic E-state index is 12.3. The largest absolute Gasteiger partial charge is 0.476 e. The zero-order valence-corrected chi connectivity index (χ0v) is 26.1. The molecule has 0 saturated heterocycles. The number of aromatic nitrogens is 1. The summed E-state index contributed by atoms with van der Waals surface area (Å²) in [6.45, 7) is 5.22. The predicted molar refractivity (Wildman–Crippen MR) is 152 cm³/mol. The molecule has 0 fully saturated rings. The number of anilines is 1. The van der Waals surface area contributed by atoms with Gasteiger partial charge < -0.3 is 14.7 Å². The van der Waals surface area contributed by atoms with Gasteiger partial charge in [0, 0.05) is 73.5 Å². The number of aliphatic carboxylic acids is 1. The summed E-state index contributed by atoms with van der Waals surface area (Å²) >= 11 is 1.05. The molecule has 0 aliphatic rings. The van der Waals surface area contributed by atoms with E-state index in [1.54, 1.807) is 20.8 Å². The third-order valence-corrected chi connectivity index (χ3v) is 6.13. The van der Waals surface area contributed by atoms with Crippen molar-refractivity contribution in [1.29, 1.82) is 0 Å². The maximum atomic E-state index is 12.3. The Morgan fingerprint density at radius 3 is 1.72 bits per heavy atom. The van der Waals surface area contributed by atoms with E-state index in [1.807, 2.05) is 91.0 Å². The van der Waals surface area contributed by atoms with Gasteiger partial charge in [-0.3, -0.25) is 5.32 Å². The van der Waals surface area contributed by atoms with Gasteiger partial charge in [-0.25, -0.2) is 14.6 Å². The van der Waals surface area contributed by atoms with Crippen LogP contribution in [0.5, 0.6) is 0 Å².